The molecular weight excluding hydrogens is 302 g/mol. The second kappa shape index (κ2) is 5.51. The van der Waals surface area contributed by atoms with Crippen molar-refractivity contribution < 1.29 is 8.42 Å². The van der Waals surface area contributed by atoms with Gasteiger partial charge in [-0.15, -0.1) is 0 Å². The molecule has 7 nitrogen and oxygen atoms in total. The highest BCUT2D eigenvalue weighted by atomic mass is 32.2. The van der Waals surface area contributed by atoms with Crippen LogP contribution in [0.25, 0.3) is 0 Å². The summed E-state index contributed by atoms with van der Waals surface area (Å²) < 4.78 is 28.8. The van der Waals surface area contributed by atoms with Crippen molar-refractivity contribution >= 4 is 10.0 Å². The van der Waals surface area contributed by atoms with E-state index in [-0.39, 0.29) is 16.5 Å². The van der Waals surface area contributed by atoms with Gasteiger partial charge in [0.05, 0.1) is 0 Å². The van der Waals surface area contributed by atoms with Crippen LogP contribution in [-0.2, 0) is 17.1 Å². The summed E-state index contributed by atoms with van der Waals surface area (Å²) in [7, 11) is -1.81. The number of hydrogen-bond donors (Lipinski definition) is 0. The van der Waals surface area contributed by atoms with Crippen molar-refractivity contribution in [2.75, 3.05) is 13.1 Å². The van der Waals surface area contributed by atoms with Crippen LogP contribution in [0.4, 0.5) is 0 Å². The van der Waals surface area contributed by atoms with E-state index < -0.39 is 10.0 Å². The maximum atomic E-state index is 12.7. The van der Waals surface area contributed by atoms with Crippen LogP contribution in [0.15, 0.2) is 35.6 Å². The molecule has 0 saturated carbocycles. The quantitative estimate of drug-likeness (QED) is 0.837. The SMILES string of the molecule is Cn1ccnc1C1CCN(S(=O)(=O)c2cccnc2C#N)C1. The Labute approximate surface area is 128 Å². The topological polar surface area (TPSA) is 91.9 Å². The predicted molar refractivity (Wildman–Crippen MR) is 78.3 cm³/mol. The second-order valence-corrected chi connectivity index (χ2v) is 7.11. The van der Waals surface area contributed by atoms with Gasteiger partial charge in [0.1, 0.15) is 16.8 Å². The number of sulfonamides is 1. The summed E-state index contributed by atoms with van der Waals surface area (Å²) in [5.74, 6) is 0.946. The minimum Gasteiger partial charge on any atom is -0.338 e. The van der Waals surface area contributed by atoms with Gasteiger partial charge in [0.25, 0.3) is 0 Å². The van der Waals surface area contributed by atoms with Crippen molar-refractivity contribution in [3.05, 3.63) is 42.2 Å². The van der Waals surface area contributed by atoms with Crippen molar-refractivity contribution in [1.29, 1.82) is 5.26 Å². The first kappa shape index (κ1) is 14.7. The average Bonchev–Trinajstić information content (AvgIpc) is 3.16. The summed E-state index contributed by atoms with van der Waals surface area (Å²) in [6.45, 7) is 0.784. The number of imidazole rings is 1. The number of nitriles is 1. The van der Waals surface area contributed by atoms with Gasteiger partial charge in [-0.1, -0.05) is 0 Å². The van der Waals surface area contributed by atoms with E-state index in [1.165, 1.54) is 22.6 Å². The molecule has 0 spiro atoms. The van der Waals surface area contributed by atoms with Crippen LogP contribution in [-0.4, -0.2) is 40.3 Å². The Morgan fingerprint density at radius 3 is 2.86 bits per heavy atom. The minimum atomic E-state index is -3.71. The van der Waals surface area contributed by atoms with Crippen LogP contribution in [0, 0.1) is 11.3 Å². The minimum absolute atomic E-state index is 0.0296. The molecule has 0 radical (unpaired) electrons. The fourth-order valence-electron chi connectivity index (χ4n) is 2.75. The highest BCUT2D eigenvalue weighted by Gasteiger charge is 2.36. The van der Waals surface area contributed by atoms with E-state index in [9.17, 15) is 8.42 Å². The molecule has 8 heteroatoms. The number of nitrogens with zero attached hydrogens (tertiary/aromatic N) is 5. The van der Waals surface area contributed by atoms with Crippen molar-refractivity contribution in [3.8, 4) is 6.07 Å². The van der Waals surface area contributed by atoms with Gasteiger partial charge in [-0.3, -0.25) is 0 Å². The predicted octanol–water partition coefficient (Wildman–Crippen LogP) is 0.865. The van der Waals surface area contributed by atoms with Gasteiger partial charge >= 0.3 is 0 Å². The third-order valence-corrected chi connectivity index (χ3v) is 5.77. The molecule has 22 heavy (non-hydrogen) atoms. The number of hydrogen-bond acceptors (Lipinski definition) is 5. The van der Waals surface area contributed by atoms with Gasteiger partial charge in [0, 0.05) is 44.6 Å². The fourth-order valence-corrected chi connectivity index (χ4v) is 4.34. The largest absolute Gasteiger partial charge is 0.338 e. The highest BCUT2D eigenvalue weighted by Crippen LogP contribution is 2.30. The van der Waals surface area contributed by atoms with Gasteiger partial charge in [0.15, 0.2) is 5.69 Å². The number of rotatable bonds is 3. The van der Waals surface area contributed by atoms with Gasteiger partial charge in [-0.2, -0.15) is 9.57 Å². The van der Waals surface area contributed by atoms with Gasteiger partial charge in [-0.25, -0.2) is 18.4 Å². The summed E-state index contributed by atoms with van der Waals surface area (Å²) >= 11 is 0. The molecule has 1 unspecified atom stereocenters. The molecule has 0 amide bonds. The zero-order chi connectivity index (χ0) is 15.7. The zero-order valence-corrected chi connectivity index (χ0v) is 12.9. The van der Waals surface area contributed by atoms with Crippen LogP contribution in [0.5, 0.6) is 0 Å². The van der Waals surface area contributed by atoms with Gasteiger partial charge in [-0.05, 0) is 18.6 Å². The monoisotopic (exact) mass is 317 g/mol. The molecule has 1 saturated heterocycles. The van der Waals surface area contributed by atoms with E-state index in [0.29, 0.717) is 19.5 Å². The lowest BCUT2D eigenvalue weighted by molar-refractivity contribution is 0.469. The summed E-state index contributed by atoms with van der Waals surface area (Å²) in [6.07, 6.45) is 5.69. The smallest absolute Gasteiger partial charge is 0.245 e. The number of aromatic nitrogens is 3. The lowest BCUT2D eigenvalue weighted by Crippen LogP contribution is -2.29. The molecule has 1 aliphatic rings. The first-order valence-electron chi connectivity index (χ1n) is 6.86. The van der Waals surface area contributed by atoms with Gasteiger partial charge in [0.2, 0.25) is 10.0 Å². The Kier molecular flexibility index (Phi) is 3.68. The van der Waals surface area contributed by atoms with E-state index >= 15 is 0 Å². The summed E-state index contributed by atoms with van der Waals surface area (Å²) in [5.41, 5.74) is -0.0667. The van der Waals surface area contributed by atoms with Crippen molar-refractivity contribution in [2.24, 2.45) is 7.05 Å². The van der Waals surface area contributed by atoms with E-state index in [0.717, 1.165) is 5.82 Å². The van der Waals surface area contributed by atoms with Crippen LogP contribution >= 0.6 is 0 Å². The van der Waals surface area contributed by atoms with E-state index in [2.05, 4.69) is 9.97 Å². The Balaban J connectivity index is 1.89. The van der Waals surface area contributed by atoms with Crippen molar-refractivity contribution in [1.82, 2.24) is 18.8 Å². The maximum Gasteiger partial charge on any atom is 0.245 e. The molecule has 0 bridgehead atoms. The summed E-state index contributed by atoms with van der Waals surface area (Å²) in [6, 6.07) is 4.79. The van der Waals surface area contributed by atoms with Crippen LogP contribution in [0.2, 0.25) is 0 Å². The molecule has 3 rings (SSSR count). The molecular formula is C14H15N5O2S. The molecule has 1 aliphatic heterocycles. The van der Waals surface area contributed by atoms with E-state index in [4.69, 9.17) is 5.26 Å². The molecule has 3 heterocycles. The molecule has 2 aromatic rings. The van der Waals surface area contributed by atoms with Crippen molar-refractivity contribution in [2.45, 2.75) is 17.2 Å². The third kappa shape index (κ3) is 2.38. The molecule has 0 N–H and O–H groups in total. The molecule has 1 fully saturated rings. The van der Waals surface area contributed by atoms with E-state index in [1.54, 1.807) is 6.20 Å². The summed E-state index contributed by atoms with van der Waals surface area (Å²) in [4.78, 5) is 8.10. The van der Waals surface area contributed by atoms with E-state index in [1.807, 2.05) is 23.9 Å². The maximum absolute atomic E-state index is 12.7. The Bertz CT molecular complexity index is 837. The number of pyridine rings is 1. The highest BCUT2D eigenvalue weighted by molar-refractivity contribution is 7.89. The van der Waals surface area contributed by atoms with Crippen LogP contribution in [0.1, 0.15) is 23.9 Å². The Hall–Kier alpha value is -2.24. The number of aryl methyl sites for hydroxylation is 1. The lowest BCUT2D eigenvalue weighted by atomic mass is 10.1. The second-order valence-electron chi connectivity index (χ2n) is 5.21. The standard InChI is InChI=1S/C14H15N5O2S/c1-18-8-6-17-14(18)11-4-7-19(10-11)22(20,21)13-3-2-5-16-12(13)9-15/h2-3,5-6,8,11H,4,7,10H2,1H3. The molecule has 0 aromatic carbocycles. The molecule has 1 atom stereocenters. The molecule has 114 valence electrons. The normalized spacial score (nSPS) is 19.2. The average molecular weight is 317 g/mol. The first-order valence-corrected chi connectivity index (χ1v) is 8.30. The molecule has 2 aromatic heterocycles. The zero-order valence-electron chi connectivity index (χ0n) is 12.0. The fraction of sp³-hybridized carbons (Fsp3) is 0.357. The summed E-state index contributed by atoms with van der Waals surface area (Å²) in [5, 5.41) is 9.05. The third-order valence-electron chi connectivity index (χ3n) is 3.87. The lowest BCUT2D eigenvalue weighted by Gasteiger charge is -2.17. The Morgan fingerprint density at radius 2 is 2.18 bits per heavy atom. The molecule has 0 aliphatic carbocycles. The van der Waals surface area contributed by atoms with Gasteiger partial charge < -0.3 is 4.57 Å². The van der Waals surface area contributed by atoms with Crippen molar-refractivity contribution in [3.63, 3.8) is 0 Å². The Morgan fingerprint density at radius 1 is 1.36 bits per heavy atom. The first-order chi connectivity index (χ1) is 10.5. The van der Waals surface area contributed by atoms with Crippen LogP contribution in [0.3, 0.4) is 0 Å². The van der Waals surface area contributed by atoms with Crippen LogP contribution < -0.4 is 0 Å².